The Labute approximate surface area is 178 Å². The number of hydrogen-bond donors (Lipinski definition) is 0. The molecule has 158 valence electrons. The molecule has 2 heterocycles. The molecule has 4 rings (SSSR count). The third-order valence-electron chi connectivity index (χ3n) is 6.16. The van der Waals surface area contributed by atoms with Crippen LogP contribution in [0.25, 0.3) is 0 Å². The van der Waals surface area contributed by atoms with Crippen LogP contribution in [0, 0.1) is 0 Å². The van der Waals surface area contributed by atoms with Crippen LogP contribution in [-0.4, -0.2) is 60.5 Å². The van der Waals surface area contributed by atoms with Crippen LogP contribution in [0.4, 0.5) is 0 Å². The molecule has 0 unspecified atom stereocenters. The predicted octanol–water partition coefficient (Wildman–Crippen LogP) is 3.45. The van der Waals surface area contributed by atoms with Crippen LogP contribution < -0.4 is 0 Å². The highest BCUT2D eigenvalue weighted by molar-refractivity contribution is 5.80. The summed E-state index contributed by atoms with van der Waals surface area (Å²) >= 11 is 0. The Hall–Kier alpha value is -2.66. The lowest BCUT2D eigenvalue weighted by molar-refractivity contribution is -0.140. The van der Waals surface area contributed by atoms with E-state index >= 15 is 0 Å². The number of morpholine rings is 1. The number of nitrogens with zero attached hydrogens (tertiary/aromatic N) is 2. The van der Waals surface area contributed by atoms with Gasteiger partial charge in [-0.15, -0.1) is 0 Å². The van der Waals surface area contributed by atoms with E-state index in [1.807, 2.05) is 21.9 Å². The zero-order chi connectivity index (χ0) is 20.8. The van der Waals surface area contributed by atoms with E-state index in [0.717, 1.165) is 19.4 Å². The van der Waals surface area contributed by atoms with Crippen molar-refractivity contribution < 1.29 is 14.3 Å². The smallest absolute Gasteiger partial charge is 0.224 e. The molecular weight excluding hydrogens is 376 g/mol. The Bertz CT molecular complexity index is 800. The average Bonchev–Trinajstić information content (AvgIpc) is 3.22. The van der Waals surface area contributed by atoms with Crippen molar-refractivity contribution in [3.05, 3.63) is 71.8 Å². The molecule has 0 bridgehead atoms. The molecule has 30 heavy (non-hydrogen) atoms. The molecular formula is C25H30N2O3. The topological polar surface area (TPSA) is 49.9 Å². The van der Waals surface area contributed by atoms with Crippen LogP contribution in [0.15, 0.2) is 60.7 Å². The summed E-state index contributed by atoms with van der Waals surface area (Å²) in [6.45, 7) is 3.13. The van der Waals surface area contributed by atoms with Crippen molar-refractivity contribution in [2.75, 3.05) is 32.8 Å². The third kappa shape index (κ3) is 5.08. The molecule has 5 nitrogen and oxygen atoms in total. The van der Waals surface area contributed by atoms with E-state index in [2.05, 4.69) is 48.5 Å². The first-order valence-corrected chi connectivity index (χ1v) is 11.0. The van der Waals surface area contributed by atoms with Crippen molar-refractivity contribution in [2.45, 2.75) is 37.7 Å². The maximum atomic E-state index is 12.8. The highest BCUT2D eigenvalue weighted by Crippen LogP contribution is 2.31. The number of benzene rings is 2. The number of carbonyl (C=O) groups excluding carboxylic acids is 2. The minimum atomic E-state index is 0.00142. The summed E-state index contributed by atoms with van der Waals surface area (Å²) in [5.74, 6) is 0.532. The number of carbonyl (C=O) groups is 2. The summed E-state index contributed by atoms with van der Waals surface area (Å²) in [6, 6.07) is 21.0. The van der Waals surface area contributed by atoms with Crippen LogP contribution in [0.5, 0.6) is 0 Å². The lowest BCUT2D eigenvalue weighted by atomic mass is 9.86. The van der Waals surface area contributed by atoms with Gasteiger partial charge in [-0.2, -0.15) is 0 Å². The van der Waals surface area contributed by atoms with Crippen LogP contribution in [0.3, 0.4) is 0 Å². The average molecular weight is 407 g/mol. The Morgan fingerprint density at radius 1 is 1.00 bits per heavy atom. The minimum absolute atomic E-state index is 0.00142. The van der Waals surface area contributed by atoms with E-state index < -0.39 is 0 Å². The SMILES string of the molecule is O=C1CCCN1CCC(=O)N1CCO[C@@H](CC(c2ccccc2)c2ccccc2)C1. The fourth-order valence-corrected chi connectivity index (χ4v) is 4.52. The Kier molecular flexibility index (Phi) is 6.80. The largest absolute Gasteiger partial charge is 0.375 e. The van der Waals surface area contributed by atoms with Gasteiger partial charge in [-0.25, -0.2) is 0 Å². The molecule has 2 aromatic rings. The van der Waals surface area contributed by atoms with E-state index in [4.69, 9.17) is 4.74 Å². The van der Waals surface area contributed by atoms with E-state index in [-0.39, 0.29) is 23.8 Å². The van der Waals surface area contributed by atoms with Crippen molar-refractivity contribution >= 4 is 11.8 Å². The molecule has 5 heteroatoms. The summed E-state index contributed by atoms with van der Waals surface area (Å²) in [6.07, 6.45) is 2.77. The number of hydrogen-bond acceptors (Lipinski definition) is 3. The molecule has 1 atom stereocenters. The highest BCUT2D eigenvalue weighted by atomic mass is 16.5. The van der Waals surface area contributed by atoms with Crippen molar-refractivity contribution in [1.82, 2.24) is 9.80 Å². The number of ether oxygens (including phenoxy) is 1. The van der Waals surface area contributed by atoms with Gasteiger partial charge in [-0.05, 0) is 24.0 Å². The molecule has 0 radical (unpaired) electrons. The van der Waals surface area contributed by atoms with Gasteiger partial charge >= 0.3 is 0 Å². The number of amides is 2. The van der Waals surface area contributed by atoms with E-state index in [0.29, 0.717) is 39.1 Å². The third-order valence-corrected chi connectivity index (χ3v) is 6.16. The molecule has 2 aliphatic heterocycles. The van der Waals surface area contributed by atoms with Gasteiger partial charge in [0.25, 0.3) is 0 Å². The molecule has 0 saturated carbocycles. The first-order valence-electron chi connectivity index (χ1n) is 11.0. The maximum absolute atomic E-state index is 12.8. The maximum Gasteiger partial charge on any atom is 0.224 e. The summed E-state index contributed by atoms with van der Waals surface area (Å²) in [7, 11) is 0. The quantitative estimate of drug-likeness (QED) is 0.708. The summed E-state index contributed by atoms with van der Waals surface area (Å²) in [5, 5.41) is 0. The van der Waals surface area contributed by atoms with Gasteiger partial charge in [-0.3, -0.25) is 9.59 Å². The monoisotopic (exact) mass is 406 g/mol. The van der Waals surface area contributed by atoms with Crippen LogP contribution in [-0.2, 0) is 14.3 Å². The number of rotatable bonds is 7. The molecule has 2 aromatic carbocycles. The Balaban J connectivity index is 1.39. The second kappa shape index (κ2) is 9.90. The minimum Gasteiger partial charge on any atom is -0.375 e. The zero-order valence-electron chi connectivity index (χ0n) is 17.4. The van der Waals surface area contributed by atoms with Gasteiger partial charge in [0.15, 0.2) is 0 Å². The van der Waals surface area contributed by atoms with Gasteiger partial charge in [0.2, 0.25) is 11.8 Å². The summed E-state index contributed by atoms with van der Waals surface area (Å²) in [5.41, 5.74) is 2.53. The van der Waals surface area contributed by atoms with E-state index in [1.165, 1.54) is 11.1 Å². The molecule has 2 aliphatic rings. The van der Waals surface area contributed by atoms with Crippen molar-refractivity contribution in [1.29, 1.82) is 0 Å². The molecule has 0 N–H and O–H groups in total. The van der Waals surface area contributed by atoms with Crippen molar-refractivity contribution in [3.8, 4) is 0 Å². The molecule has 0 aromatic heterocycles. The van der Waals surface area contributed by atoms with Gasteiger partial charge in [0.05, 0.1) is 12.7 Å². The van der Waals surface area contributed by atoms with Crippen molar-refractivity contribution in [2.24, 2.45) is 0 Å². The zero-order valence-corrected chi connectivity index (χ0v) is 17.4. The van der Waals surface area contributed by atoms with Gasteiger partial charge in [-0.1, -0.05) is 60.7 Å². The molecule has 2 amide bonds. The van der Waals surface area contributed by atoms with E-state index in [1.54, 1.807) is 0 Å². The highest BCUT2D eigenvalue weighted by Gasteiger charge is 2.28. The van der Waals surface area contributed by atoms with Crippen LogP contribution in [0.2, 0.25) is 0 Å². The summed E-state index contributed by atoms with van der Waals surface area (Å²) in [4.78, 5) is 28.3. The second-order valence-electron chi connectivity index (χ2n) is 8.18. The first kappa shape index (κ1) is 20.6. The standard InChI is InChI=1S/C25H30N2O3/c28-24-12-7-14-26(24)15-13-25(29)27-16-17-30-22(19-27)18-23(20-8-3-1-4-9-20)21-10-5-2-6-11-21/h1-6,8-11,22-23H,7,12-19H2/t22-/m0/s1. The fourth-order valence-electron chi connectivity index (χ4n) is 4.52. The summed E-state index contributed by atoms with van der Waals surface area (Å²) < 4.78 is 6.07. The second-order valence-corrected chi connectivity index (χ2v) is 8.18. The predicted molar refractivity (Wildman–Crippen MR) is 116 cm³/mol. The molecule has 2 saturated heterocycles. The normalized spacial score (nSPS) is 19.5. The van der Waals surface area contributed by atoms with Gasteiger partial charge < -0.3 is 14.5 Å². The van der Waals surface area contributed by atoms with Crippen molar-refractivity contribution in [3.63, 3.8) is 0 Å². The van der Waals surface area contributed by atoms with E-state index in [9.17, 15) is 9.59 Å². The molecule has 0 spiro atoms. The Morgan fingerprint density at radius 3 is 2.27 bits per heavy atom. The number of likely N-dealkylation sites (tertiary alicyclic amines) is 1. The molecule has 2 fully saturated rings. The fraction of sp³-hybridized carbons (Fsp3) is 0.440. The lowest BCUT2D eigenvalue weighted by Gasteiger charge is -2.35. The van der Waals surface area contributed by atoms with Crippen LogP contribution in [0.1, 0.15) is 42.7 Å². The molecule has 0 aliphatic carbocycles. The van der Waals surface area contributed by atoms with Gasteiger partial charge in [0.1, 0.15) is 0 Å². The lowest BCUT2D eigenvalue weighted by Crippen LogP contribution is -2.46. The Morgan fingerprint density at radius 2 is 1.67 bits per heavy atom. The first-order chi connectivity index (χ1) is 14.7. The van der Waals surface area contributed by atoms with Crippen LogP contribution >= 0.6 is 0 Å². The van der Waals surface area contributed by atoms with Gasteiger partial charge in [0, 0.05) is 44.9 Å².